The minimum atomic E-state index is -0.245. The van der Waals surface area contributed by atoms with Gasteiger partial charge in [0.05, 0.1) is 7.11 Å². The zero-order valence-electron chi connectivity index (χ0n) is 7.41. The van der Waals surface area contributed by atoms with Crippen molar-refractivity contribution < 1.29 is 9.53 Å². The van der Waals surface area contributed by atoms with Crippen LogP contribution < -0.4 is 0 Å². The first-order valence-corrected chi connectivity index (χ1v) is 3.77. The van der Waals surface area contributed by atoms with Gasteiger partial charge in [0, 0.05) is 6.92 Å². The van der Waals surface area contributed by atoms with Crippen LogP contribution in [-0.2, 0) is 9.53 Å². The molecule has 0 bridgehead atoms. The van der Waals surface area contributed by atoms with Crippen molar-refractivity contribution in [3.63, 3.8) is 0 Å². The molecule has 0 aromatic carbocycles. The quantitative estimate of drug-likeness (QED) is 0.407. The molecule has 0 aromatic rings. The Labute approximate surface area is 79.0 Å². The van der Waals surface area contributed by atoms with E-state index < -0.39 is 0 Å². The lowest BCUT2D eigenvalue weighted by Gasteiger charge is -1.81. The van der Waals surface area contributed by atoms with Crippen LogP contribution in [0, 0.1) is 0 Å². The van der Waals surface area contributed by atoms with Crippen molar-refractivity contribution >= 4 is 18.6 Å². The maximum Gasteiger partial charge on any atom is 0.302 e. The van der Waals surface area contributed by atoms with Crippen LogP contribution in [0.1, 0.15) is 6.92 Å². The van der Waals surface area contributed by atoms with Gasteiger partial charge in [-0.3, -0.25) is 4.79 Å². The third-order valence-corrected chi connectivity index (χ3v) is 1.21. The molecule has 0 N–H and O–H groups in total. The maximum atomic E-state index is 9.59. The van der Waals surface area contributed by atoms with E-state index in [1.807, 2.05) is 0 Å². The summed E-state index contributed by atoms with van der Waals surface area (Å²) < 4.78 is 4.11. The van der Waals surface area contributed by atoms with Gasteiger partial charge in [0.15, 0.2) is 0 Å². The second-order valence-electron chi connectivity index (χ2n) is 1.73. The molecule has 0 atom stereocenters. The van der Waals surface area contributed by atoms with E-state index in [0.717, 1.165) is 5.57 Å². The van der Waals surface area contributed by atoms with Crippen LogP contribution in [-0.4, -0.2) is 13.1 Å². The number of carbonyl (C=O) groups is 1. The Kier molecular flexibility index (Phi) is 11.4. The molecule has 0 aliphatic carbocycles. The molecule has 0 unspecified atom stereocenters. The molecule has 0 rings (SSSR count). The van der Waals surface area contributed by atoms with Crippen molar-refractivity contribution in [1.82, 2.24) is 0 Å². The Morgan fingerprint density at radius 2 is 1.75 bits per heavy atom. The third kappa shape index (κ3) is 11.8. The Hall–Kier alpha value is -0.960. The fourth-order valence-corrected chi connectivity index (χ4v) is 0.400. The van der Waals surface area contributed by atoms with E-state index in [1.54, 1.807) is 17.6 Å². The second kappa shape index (κ2) is 10.0. The van der Waals surface area contributed by atoms with Gasteiger partial charge in [0.1, 0.15) is 0 Å². The van der Waals surface area contributed by atoms with Gasteiger partial charge in [-0.2, -0.15) is 12.6 Å². The predicted octanol–water partition coefficient (Wildman–Crippen LogP) is 2.35. The van der Waals surface area contributed by atoms with Crippen LogP contribution in [0.2, 0.25) is 0 Å². The van der Waals surface area contributed by atoms with Gasteiger partial charge in [-0.1, -0.05) is 25.3 Å². The molecule has 0 spiro atoms. The van der Waals surface area contributed by atoms with Crippen LogP contribution in [0.25, 0.3) is 0 Å². The van der Waals surface area contributed by atoms with E-state index in [2.05, 4.69) is 30.5 Å². The van der Waals surface area contributed by atoms with Crippen LogP contribution in [0.15, 0.2) is 36.3 Å². The maximum absolute atomic E-state index is 9.59. The molecule has 0 fully saturated rings. The van der Waals surface area contributed by atoms with Crippen molar-refractivity contribution in [3.05, 3.63) is 36.3 Å². The lowest BCUT2D eigenvalue weighted by atomic mass is 10.3. The fourth-order valence-electron chi connectivity index (χ4n) is 0.189. The number of hydrogen-bond donors (Lipinski definition) is 1. The number of thiol groups is 1. The molecule has 12 heavy (non-hydrogen) atoms. The van der Waals surface area contributed by atoms with E-state index >= 15 is 0 Å². The zero-order chi connectivity index (χ0) is 9.98. The normalized spacial score (nSPS) is 6.92. The van der Waals surface area contributed by atoms with Crippen LogP contribution in [0.3, 0.4) is 0 Å². The summed E-state index contributed by atoms with van der Waals surface area (Å²) in [6.07, 6.45) is 3.39. The molecule has 0 aromatic heterocycles. The van der Waals surface area contributed by atoms with E-state index in [-0.39, 0.29) is 5.97 Å². The van der Waals surface area contributed by atoms with Crippen LogP contribution in [0.4, 0.5) is 0 Å². The smallest absolute Gasteiger partial charge is 0.302 e. The summed E-state index contributed by atoms with van der Waals surface area (Å²) >= 11 is 3.87. The Morgan fingerprint density at radius 3 is 1.75 bits per heavy atom. The summed E-state index contributed by atoms with van der Waals surface area (Å²) in [4.78, 5) is 9.59. The number of hydrogen-bond acceptors (Lipinski definition) is 3. The van der Waals surface area contributed by atoms with E-state index in [4.69, 9.17) is 0 Å². The molecule has 0 aliphatic rings. The highest BCUT2D eigenvalue weighted by atomic mass is 32.1. The van der Waals surface area contributed by atoms with Gasteiger partial charge in [0.2, 0.25) is 0 Å². The summed E-state index contributed by atoms with van der Waals surface area (Å²) in [7, 11) is 1.35. The molecular weight excluding hydrogens is 172 g/mol. The number of allylic oxidation sites excluding steroid dienone is 3. The van der Waals surface area contributed by atoms with E-state index in [1.165, 1.54) is 14.0 Å². The predicted molar refractivity (Wildman–Crippen MR) is 55.2 cm³/mol. The molecule has 0 heterocycles. The molecule has 0 saturated carbocycles. The summed E-state index contributed by atoms with van der Waals surface area (Å²) in [5.74, 6) is -0.245. The fraction of sp³-hybridized carbons (Fsp3) is 0.222. The highest BCUT2D eigenvalue weighted by Gasteiger charge is 1.75. The molecule has 2 nitrogen and oxygen atoms in total. The number of esters is 1. The van der Waals surface area contributed by atoms with Crippen LogP contribution in [0.5, 0.6) is 0 Å². The highest BCUT2D eigenvalue weighted by Crippen LogP contribution is 1.96. The third-order valence-electron chi connectivity index (χ3n) is 0.908. The first-order valence-electron chi connectivity index (χ1n) is 3.26. The first-order chi connectivity index (χ1) is 5.62. The van der Waals surface area contributed by atoms with Crippen molar-refractivity contribution in [1.29, 1.82) is 0 Å². The van der Waals surface area contributed by atoms with Crippen molar-refractivity contribution in [2.75, 3.05) is 7.11 Å². The number of rotatable bonds is 2. The molecule has 0 saturated heterocycles. The lowest BCUT2D eigenvalue weighted by molar-refractivity contribution is -0.137. The van der Waals surface area contributed by atoms with Crippen molar-refractivity contribution in [2.45, 2.75) is 6.92 Å². The molecule has 0 amide bonds. The van der Waals surface area contributed by atoms with Gasteiger partial charge in [-0.25, -0.2) is 0 Å². The summed E-state index contributed by atoms with van der Waals surface area (Å²) in [5.41, 5.74) is 0.948. The Bertz CT molecular complexity index is 173. The van der Waals surface area contributed by atoms with E-state index in [0.29, 0.717) is 0 Å². The average molecular weight is 186 g/mol. The second-order valence-corrected chi connectivity index (χ2v) is 1.99. The van der Waals surface area contributed by atoms with Gasteiger partial charge in [-0.05, 0) is 11.0 Å². The monoisotopic (exact) mass is 186 g/mol. The highest BCUT2D eigenvalue weighted by molar-refractivity contribution is 7.83. The Morgan fingerprint density at radius 1 is 1.42 bits per heavy atom. The minimum absolute atomic E-state index is 0.245. The van der Waals surface area contributed by atoms with Crippen molar-refractivity contribution in [3.8, 4) is 0 Å². The Balaban J connectivity index is 0. The SMILES string of the molecule is C=CC(C=C)=CS.COC(C)=O. The number of carbonyl (C=O) groups excluding carboxylic acids is 1. The number of ether oxygens (including phenoxy) is 1. The van der Waals surface area contributed by atoms with Gasteiger partial charge < -0.3 is 4.74 Å². The molecule has 68 valence electrons. The topological polar surface area (TPSA) is 26.3 Å². The van der Waals surface area contributed by atoms with Crippen LogP contribution >= 0.6 is 12.6 Å². The first kappa shape index (κ1) is 13.6. The van der Waals surface area contributed by atoms with Crippen molar-refractivity contribution in [2.24, 2.45) is 0 Å². The van der Waals surface area contributed by atoms with Gasteiger partial charge in [-0.15, -0.1) is 0 Å². The number of methoxy groups -OCH3 is 1. The lowest BCUT2D eigenvalue weighted by Crippen LogP contribution is -1.88. The van der Waals surface area contributed by atoms with Gasteiger partial charge in [0.25, 0.3) is 0 Å². The average Bonchev–Trinajstić information content (AvgIpc) is 2.09. The standard InChI is InChI=1S/C6H8S.C3H6O2/c1-3-6(4-2)5-7;1-3(4)5-2/h3-5,7H,1-2H2;1-2H3. The minimum Gasteiger partial charge on any atom is -0.469 e. The molecular formula is C9H14O2S. The largest absolute Gasteiger partial charge is 0.469 e. The molecule has 0 aliphatic heterocycles. The zero-order valence-corrected chi connectivity index (χ0v) is 8.30. The summed E-state index contributed by atoms with van der Waals surface area (Å²) in [5, 5.41) is 1.65. The van der Waals surface area contributed by atoms with Gasteiger partial charge >= 0.3 is 5.97 Å². The summed E-state index contributed by atoms with van der Waals surface area (Å²) in [6, 6.07) is 0. The molecule has 3 heteroatoms. The molecule has 0 radical (unpaired) electrons. The van der Waals surface area contributed by atoms with E-state index in [9.17, 15) is 4.79 Å². The summed E-state index contributed by atoms with van der Waals surface area (Å²) in [6.45, 7) is 8.39.